The molecule has 0 radical (unpaired) electrons. The second kappa shape index (κ2) is 30.9. The Hall–Kier alpha value is -0.704. The van der Waals surface area contributed by atoms with Crippen LogP contribution >= 0.6 is 11.6 Å². The van der Waals surface area contributed by atoms with Crippen LogP contribution in [-0.4, -0.2) is 17.3 Å². The largest absolute Gasteiger partial charge is 1.00 e. The molecule has 0 bridgehead atoms. The molecule has 1 saturated carbocycles. The summed E-state index contributed by atoms with van der Waals surface area (Å²) < 4.78 is 14.1. The Bertz CT molecular complexity index is 1090. The third kappa shape index (κ3) is 18.4. The predicted molar refractivity (Wildman–Crippen MR) is 192 cm³/mol. The van der Waals surface area contributed by atoms with E-state index in [9.17, 15) is 9.50 Å². The van der Waals surface area contributed by atoms with Crippen molar-refractivity contribution < 1.29 is 66.0 Å². The van der Waals surface area contributed by atoms with Crippen LogP contribution in [0.3, 0.4) is 0 Å². The Labute approximate surface area is 322 Å². The van der Waals surface area contributed by atoms with Gasteiger partial charge < -0.3 is 27.7 Å². The van der Waals surface area contributed by atoms with Crippen LogP contribution in [0.1, 0.15) is 118 Å². The van der Waals surface area contributed by atoms with Gasteiger partial charge in [0.2, 0.25) is 0 Å². The van der Waals surface area contributed by atoms with E-state index in [2.05, 4.69) is 46.9 Å². The summed E-state index contributed by atoms with van der Waals surface area (Å²) in [4.78, 5) is 2.37. The van der Waals surface area contributed by atoms with Crippen LogP contribution in [0.5, 0.6) is 0 Å². The second-order valence-corrected chi connectivity index (χ2v) is 10.5. The van der Waals surface area contributed by atoms with E-state index in [4.69, 9.17) is 29.3 Å². The van der Waals surface area contributed by atoms with E-state index in [0.29, 0.717) is 21.0 Å². The molecule has 2 N–H and O–H groups in total. The first-order chi connectivity index (χ1) is 20.7. The van der Waals surface area contributed by atoms with Gasteiger partial charge in [-0.05, 0) is 66.9 Å². The van der Waals surface area contributed by atoms with Crippen molar-refractivity contribution in [2.45, 2.75) is 118 Å². The minimum absolute atomic E-state index is 0. The molecule has 1 aliphatic rings. The Morgan fingerprint density at radius 2 is 1.52 bits per heavy atom. The maximum atomic E-state index is 14.1. The van der Waals surface area contributed by atoms with E-state index in [-0.39, 0.29) is 62.7 Å². The summed E-state index contributed by atoms with van der Waals surface area (Å²) in [5.41, 5.74) is 3.14. The van der Waals surface area contributed by atoms with Gasteiger partial charge in [-0.3, -0.25) is 7.05 Å². The molecule has 3 nitrogen and oxygen atoms in total. The molecular formula is C37H57ClFKNO2S-. The summed E-state index contributed by atoms with van der Waals surface area (Å²) in [7, 11) is 5.18. The normalized spacial score (nSPS) is 12.5. The number of nitrogens with zero attached hydrogens (tertiary/aromatic N) is 1. The number of aliphatic hydroxyl groups excluding tert-OH is 2. The van der Waals surface area contributed by atoms with Crippen LogP contribution in [0.2, 0.25) is 5.02 Å². The van der Waals surface area contributed by atoms with Crippen molar-refractivity contribution in [3.8, 4) is 11.1 Å². The van der Waals surface area contributed by atoms with Crippen LogP contribution in [-0.2, 0) is 12.6 Å². The van der Waals surface area contributed by atoms with Crippen molar-refractivity contribution in [3.05, 3.63) is 83.8 Å². The molecule has 44 heavy (non-hydrogen) atoms. The molecule has 3 rings (SSSR count). The average Bonchev–Trinajstić information content (AvgIpc) is 3.05. The van der Waals surface area contributed by atoms with Crippen LogP contribution in [0.4, 0.5) is 10.1 Å². The van der Waals surface area contributed by atoms with E-state index in [1.54, 1.807) is 36.1 Å². The second-order valence-electron chi connectivity index (χ2n) is 9.65. The standard InChI is InChI=1S/C25H28ClFNOS.C6H12.C3H8.C2H6.CH4O.K/c1-5-8-10-18(11-9-6-2)28(4)23-16-21(26)19(15-25(23)30)17-12-13-22(27)20(14-17)24(29)7-3;1-2-4-6-5-3-1;1-3-2;2*1-2;/h7-8,10-16,29-30H,4-6,9H2,1-3H3;1-6H2;3H2,1-2H3;1-2H3;2H,1H3;/q-1;;;;;+1/p-1/b10-8-,18-11+,24-7+;;;;;. The quantitative estimate of drug-likeness (QED) is 0.0964. The molecule has 1 aliphatic carbocycles. The van der Waals surface area contributed by atoms with E-state index < -0.39 is 5.82 Å². The molecule has 244 valence electrons. The molecule has 0 saturated heterocycles. The number of anilines is 1. The zero-order chi connectivity index (χ0) is 33.2. The smallest absolute Gasteiger partial charge is 0.778 e. The van der Waals surface area contributed by atoms with Crippen LogP contribution in [0.15, 0.2) is 65.2 Å². The monoisotopic (exact) mass is 672 g/mol. The van der Waals surface area contributed by atoms with Crippen LogP contribution < -0.4 is 56.3 Å². The van der Waals surface area contributed by atoms with Gasteiger partial charge in [0.15, 0.2) is 0 Å². The molecule has 0 atom stereocenters. The first kappa shape index (κ1) is 47.7. The minimum atomic E-state index is -0.502. The molecule has 2 aromatic rings. The summed E-state index contributed by atoms with van der Waals surface area (Å²) in [6.45, 7) is 14.1. The molecule has 0 amide bonds. The van der Waals surface area contributed by atoms with Gasteiger partial charge in [-0.1, -0.05) is 129 Å². The Morgan fingerprint density at radius 1 is 1.00 bits per heavy atom. The third-order valence-electron chi connectivity index (χ3n) is 6.14. The molecule has 0 heterocycles. The number of allylic oxidation sites excluding steroid dienone is 4. The number of unbranched alkanes of at least 4 members (excludes halogenated alkanes) is 1. The molecular weight excluding hydrogens is 616 g/mol. The maximum absolute atomic E-state index is 14.1. The average molecular weight is 673 g/mol. The molecule has 2 aromatic carbocycles. The van der Waals surface area contributed by atoms with Gasteiger partial charge in [-0.15, -0.1) is 0 Å². The van der Waals surface area contributed by atoms with Crippen molar-refractivity contribution in [2.75, 3.05) is 12.0 Å². The van der Waals surface area contributed by atoms with Crippen molar-refractivity contribution in [1.82, 2.24) is 0 Å². The van der Waals surface area contributed by atoms with Gasteiger partial charge in [-0.25, -0.2) is 4.39 Å². The van der Waals surface area contributed by atoms with E-state index >= 15 is 0 Å². The Kier molecular flexibility index (Phi) is 33.5. The summed E-state index contributed by atoms with van der Waals surface area (Å²) in [5.74, 6) is -0.629. The fraction of sp³-hybridized carbons (Fsp3) is 0.486. The van der Waals surface area contributed by atoms with E-state index in [1.807, 2.05) is 19.9 Å². The SMILES string of the molecule is C1CCCCC1.CC.CCC.CO.[CH2-]N(C(/C=C\CC)=C/CCC)c1cc(Cl)c(-c2ccc(F)c(/C(O)=C\C)c2)cc1[S-].[K+]. The Morgan fingerprint density at radius 3 is 1.98 bits per heavy atom. The van der Waals surface area contributed by atoms with Gasteiger partial charge in [-0.2, -0.15) is 4.90 Å². The van der Waals surface area contributed by atoms with Crippen LogP contribution in [0.25, 0.3) is 16.9 Å². The zero-order valence-electron chi connectivity index (χ0n) is 29.0. The first-order valence-corrected chi connectivity index (χ1v) is 16.6. The summed E-state index contributed by atoms with van der Waals surface area (Å²) >= 11 is 12.2. The van der Waals surface area contributed by atoms with Crippen molar-refractivity contribution in [3.63, 3.8) is 0 Å². The molecule has 0 unspecified atom stereocenters. The van der Waals surface area contributed by atoms with Gasteiger partial charge in [0.1, 0.15) is 11.6 Å². The van der Waals surface area contributed by atoms with Gasteiger partial charge >= 0.3 is 51.4 Å². The van der Waals surface area contributed by atoms with Crippen molar-refractivity contribution in [2.24, 2.45) is 0 Å². The van der Waals surface area contributed by atoms with E-state index in [1.165, 1.54) is 57.1 Å². The predicted octanol–water partition coefficient (Wildman–Crippen LogP) is 9.61. The fourth-order valence-corrected chi connectivity index (χ4v) is 4.57. The van der Waals surface area contributed by atoms with Crippen LogP contribution in [0, 0.1) is 12.9 Å². The summed E-state index contributed by atoms with van der Waals surface area (Å²) in [5, 5.41) is 17.4. The molecule has 1 fully saturated rings. The number of hydrogen-bond acceptors (Lipinski definition) is 4. The number of benzene rings is 2. The Balaban J connectivity index is -0.00000101. The molecule has 0 spiro atoms. The topological polar surface area (TPSA) is 43.7 Å². The number of aliphatic hydroxyl groups is 2. The van der Waals surface area contributed by atoms with Crippen molar-refractivity contribution in [1.29, 1.82) is 0 Å². The van der Waals surface area contributed by atoms with Crippen molar-refractivity contribution >= 4 is 35.7 Å². The number of hydrogen-bond donors (Lipinski definition) is 2. The number of rotatable bonds is 8. The first-order valence-electron chi connectivity index (χ1n) is 15.8. The van der Waals surface area contributed by atoms with Gasteiger partial charge in [0.05, 0.1) is 10.6 Å². The molecule has 0 aliphatic heterocycles. The third-order valence-corrected chi connectivity index (χ3v) is 6.78. The maximum Gasteiger partial charge on any atom is 1.00 e. The number of halogens is 2. The van der Waals surface area contributed by atoms with Gasteiger partial charge in [0.25, 0.3) is 0 Å². The molecule has 0 aromatic heterocycles. The van der Waals surface area contributed by atoms with Gasteiger partial charge in [0, 0.05) is 12.8 Å². The minimum Gasteiger partial charge on any atom is -0.778 e. The summed E-state index contributed by atoms with van der Waals surface area (Å²) in [6.07, 6.45) is 20.8. The fourth-order valence-electron chi connectivity index (χ4n) is 4.02. The zero-order valence-corrected chi connectivity index (χ0v) is 33.7. The van der Waals surface area contributed by atoms with E-state index in [0.717, 1.165) is 37.8 Å². The summed E-state index contributed by atoms with van der Waals surface area (Å²) in [6, 6.07) is 8.07. The molecule has 7 heteroatoms.